The number of nitrogens with zero attached hydrogens (tertiary/aromatic N) is 4. The Morgan fingerprint density at radius 1 is 1.30 bits per heavy atom. The van der Waals surface area contributed by atoms with Gasteiger partial charge in [0, 0.05) is 37.2 Å². The van der Waals surface area contributed by atoms with E-state index in [1.165, 1.54) is 0 Å². The van der Waals surface area contributed by atoms with Gasteiger partial charge in [0.15, 0.2) is 5.69 Å². The minimum atomic E-state index is -0.0509. The fourth-order valence-electron chi connectivity index (χ4n) is 5.26. The molecular weight excluding hydrogens is 292 g/mol. The van der Waals surface area contributed by atoms with Crippen molar-refractivity contribution in [3.63, 3.8) is 0 Å². The van der Waals surface area contributed by atoms with Crippen molar-refractivity contribution < 1.29 is 9.59 Å². The van der Waals surface area contributed by atoms with Crippen LogP contribution < -0.4 is 0 Å². The minimum absolute atomic E-state index is 0.00467. The predicted octanol–water partition coefficient (Wildman–Crippen LogP) is 1.48. The summed E-state index contributed by atoms with van der Waals surface area (Å²) in [6.45, 7) is 4.53. The summed E-state index contributed by atoms with van der Waals surface area (Å²) in [6, 6.07) is 4.06. The fraction of sp³-hybridized carbons (Fsp3) is 0.647. The van der Waals surface area contributed by atoms with Gasteiger partial charge in [0.1, 0.15) is 0 Å². The van der Waals surface area contributed by atoms with Crippen LogP contribution in [-0.2, 0) is 4.79 Å². The second kappa shape index (κ2) is 5.01. The van der Waals surface area contributed by atoms with Crippen molar-refractivity contribution >= 4 is 11.8 Å². The molecule has 0 radical (unpaired) electrons. The molecule has 23 heavy (non-hydrogen) atoms. The third kappa shape index (κ3) is 2.00. The Morgan fingerprint density at radius 3 is 2.78 bits per heavy atom. The number of aromatic nitrogens is 2. The molecule has 3 fully saturated rings. The topological polar surface area (TPSA) is 66.4 Å². The number of hydrogen-bond donors (Lipinski definition) is 0. The molecule has 2 aliphatic heterocycles. The van der Waals surface area contributed by atoms with Gasteiger partial charge >= 0.3 is 0 Å². The van der Waals surface area contributed by atoms with Crippen molar-refractivity contribution in [1.29, 1.82) is 0 Å². The van der Waals surface area contributed by atoms with Gasteiger partial charge in [0.25, 0.3) is 5.91 Å². The molecule has 2 saturated heterocycles. The zero-order chi connectivity index (χ0) is 16.2. The van der Waals surface area contributed by atoms with E-state index in [2.05, 4.69) is 22.0 Å². The molecule has 4 atom stereocenters. The number of carbonyl (C=O) groups is 2. The zero-order valence-corrected chi connectivity index (χ0v) is 13.6. The second-order valence-electron chi connectivity index (χ2n) is 7.32. The molecule has 1 aliphatic carbocycles. The van der Waals surface area contributed by atoms with Crippen LogP contribution >= 0.6 is 0 Å². The molecule has 4 rings (SSSR count). The smallest absolute Gasteiger partial charge is 0.274 e. The Morgan fingerprint density at radius 2 is 2.09 bits per heavy atom. The second-order valence-corrected chi connectivity index (χ2v) is 7.32. The van der Waals surface area contributed by atoms with Gasteiger partial charge in [0.05, 0.1) is 6.04 Å². The molecule has 6 nitrogen and oxygen atoms in total. The maximum absolute atomic E-state index is 13.0. The van der Waals surface area contributed by atoms with E-state index in [0.29, 0.717) is 12.2 Å². The van der Waals surface area contributed by atoms with Crippen LogP contribution in [0, 0.1) is 5.41 Å². The van der Waals surface area contributed by atoms with Gasteiger partial charge in [-0.25, -0.2) is 0 Å². The SMILES string of the molecule is CC(=O)N1[C@@H]2CN(C(=O)c3cccnn3)[C@@H]3CCC[C@H]1[C@]3(C)C2. The van der Waals surface area contributed by atoms with Crippen LogP contribution in [0.4, 0.5) is 0 Å². The first-order valence-corrected chi connectivity index (χ1v) is 8.40. The number of likely N-dealkylation sites (tertiary alicyclic amines) is 2. The van der Waals surface area contributed by atoms with Crippen LogP contribution in [0.3, 0.4) is 0 Å². The van der Waals surface area contributed by atoms with Crippen LogP contribution in [0.5, 0.6) is 0 Å². The summed E-state index contributed by atoms with van der Waals surface area (Å²) in [5, 5.41) is 7.82. The van der Waals surface area contributed by atoms with Gasteiger partial charge < -0.3 is 9.80 Å². The van der Waals surface area contributed by atoms with E-state index in [4.69, 9.17) is 0 Å². The average molecular weight is 314 g/mol. The summed E-state index contributed by atoms with van der Waals surface area (Å²) < 4.78 is 0. The van der Waals surface area contributed by atoms with E-state index in [9.17, 15) is 9.59 Å². The van der Waals surface area contributed by atoms with E-state index < -0.39 is 0 Å². The van der Waals surface area contributed by atoms with Crippen LogP contribution in [0.25, 0.3) is 0 Å². The van der Waals surface area contributed by atoms with Crippen LogP contribution in [0.15, 0.2) is 18.3 Å². The molecule has 0 aromatic carbocycles. The molecule has 2 amide bonds. The van der Waals surface area contributed by atoms with E-state index in [1.807, 2.05) is 4.90 Å². The highest BCUT2D eigenvalue weighted by molar-refractivity contribution is 5.92. The van der Waals surface area contributed by atoms with Crippen molar-refractivity contribution in [2.75, 3.05) is 6.54 Å². The maximum Gasteiger partial charge on any atom is 0.274 e. The number of piperidine rings is 1. The number of amides is 2. The molecule has 122 valence electrons. The number of hydrogen-bond acceptors (Lipinski definition) is 4. The zero-order valence-electron chi connectivity index (χ0n) is 13.6. The third-order valence-electron chi connectivity index (χ3n) is 6.08. The first-order chi connectivity index (χ1) is 11.0. The maximum atomic E-state index is 13.0. The summed E-state index contributed by atoms with van der Waals surface area (Å²) in [5.74, 6) is 0.0863. The molecule has 3 aliphatic rings. The Bertz CT molecular complexity index is 649. The Hall–Kier alpha value is -1.98. The highest BCUT2D eigenvalue weighted by Crippen LogP contribution is 2.54. The Balaban J connectivity index is 1.72. The molecule has 2 bridgehead atoms. The summed E-state index contributed by atoms with van der Waals surface area (Å²) in [7, 11) is 0. The fourth-order valence-corrected chi connectivity index (χ4v) is 5.26. The molecule has 1 aromatic rings. The van der Waals surface area contributed by atoms with Gasteiger partial charge in [-0.3, -0.25) is 9.59 Å². The molecule has 6 heteroatoms. The van der Waals surface area contributed by atoms with Crippen LogP contribution in [0.2, 0.25) is 0 Å². The van der Waals surface area contributed by atoms with Crippen LogP contribution in [-0.4, -0.2) is 56.5 Å². The highest BCUT2D eigenvalue weighted by Gasteiger charge is 2.61. The standard InChI is InChI=1S/C17H22N4O2/c1-11(22)21-12-9-17(2)14(6-3-7-15(17)21)20(10-12)16(23)13-5-4-8-18-19-13/h4-5,8,12,14-15H,3,6-7,9-10H2,1-2H3/t12-,14+,15-,17+/m0/s1. The van der Waals surface area contributed by atoms with Gasteiger partial charge in [-0.1, -0.05) is 6.92 Å². The summed E-state index contributed by atoms with van der Waals surface area (Å²) in [4.78, 5) is 29.2. The largest absolute Gasteiger partial charge is 0.335 e. The van der Waals surface area contributed by atoms with Gasteiger partial charge in [-0.15, -0.1) is 5.10 Å². The van der Waals surface area contributed by atoms with E-state index in [0.717, 1.165) is 25.7 Å². The third-order valence-corrected chi connectivity index (χ3v) is 6.08. The molecule has 0 N–H and O–H groups in total. The molecule has 0 spiro atoms. The summed E-state index contributed by atoms with van der Waals surface area (Å²) >= 11 is 0. The Kier molecular flexibility index (Phi) is 3.18. The molecule has 1 saturated carbocycles. The summed E-state index contributed by atoms with van der Waals surface area (Å²) in [5.41, 5.74) is 0.402. The van der Waals surface area contributed by atoms with E-state index >= 15 is 0 Å². The lowest BCUT2D eigenvalue weighted by molar-refractivity contribution is -0.132. The lowest BCUT2D eigenvalue weighted by atomic mass is 9.65. The van der Waals surface area contributed by atoms with Crippen molar-refractivity contribution in [3.8, 4) is 0 Å². The first-order valence-electron chi connectivity index (χ1n) is 8.40. The minimum Gasteiger partial charge on any atom is -0.335 e. The van der Waals surface area contributed by atoms with Crippen molar-refractivity contribution in [2.45, 2.75) is 57.7 Å². The van der Waals surface area contributed by atoms with Crippen LogP contribution in [0.1, 0.15) is 50.0 Å². The quantitative estimate of drug-likeness (QED) is 0.787. The summed E-state index contributed by atoms with van der Waals surface area (Å²) in [6.07, 6.45) is 5.71. The van der Waals surface area contributed by atoms with E-state index in [1.54, 1.807) is 25.3 Å². The van der Waals surface area contributed by atoms with Gasteiger partial charge in [-0.2, -0.15) is 5.10 Å². The van der Waals surface area contributed by atoms with Crippen molar-refractivity contribution in [3.05, 3.63) is 24.0 Å². The monoisotopic (exact) mass is 314 g/mol. The molecule has 0 unspecified atom stereocenters. The average Bonchev–Trinajstić information content (AvgIpc) is 2.84. The predicted molar refractivity (Wildman–Crippen MR) is 83.5 cm³/mol. The molecule has 3 heterocycles. The number of fused-ring (bicyclic) bond motifs is 1. The molecule has 1 aromatic heterocycles. The van der Waals surface area contributed by atoms with Crippen molar-refractivity contribution in [1.82, 2.24) is 20.0 Å². The highest BCUT2D eigenvalue weighted by atomic mass is 16.2. The number of carbonyl (C=O) groups excluding carboxylic acids is 2. The molecular formula is C17H22N4O2. The lowest BCUT2D eigenvalue weighted by Crippen LogP contribution is -2.57. The Labute approximate surface area is 135 Å². The number of rotatable bonds is 1. The van der Waals surface area contributed by atoms with Gasteiger partial charge in [0.2, 0.25) is 5.91 Å². The van der Waals surface area contributed by atoms with Crippen molar-refractivity contribution in [2.24, 2.45) is 5.41 Å². The lowest BCUT2D eigenvalue weighted by Gasteiger charge is -2.49. The van der Waals surface area contributed by atoms with Gasteiger partial charge in [-0.05, 0) is 37.8 Å². The van der Waals surface area contributed by atoms with E-state index in [-0.39, 0.29) is 35.4 Å². The normalized spacial score (nSPS) is 35.3. The first kappa shape index (κ1) is 14.6.